The van der Waals surface area contributed by atoms with E-state index in [1.165, 1.54) is 0 Å². The van der Waals surface area contributed by atoms with Gasteiger partial charge >= 0.3 is 0 Å². The Kier molecular flexibility index (Phi) is 5.62. The van der Waals surface area contributed by atoms with Gasteiger partial charge < -0.3 is 15.3 Å². The highest BCUT2D eigenvalue weighted by molar-refractivity contribution is 6.12. The molecular formula is C21H18N2O3. The molecule has 3 aromatic carbocycles. The van der Waals surface area contributed by atoms with E-state index in [1.54, 1.807) is 24.3 Å². The minimum Gasteiger partial charge on any atom is -0.484 e. The second-order valence-corrected chi connectivity index (χ2v) is 5.54. The number of para-hydroxylation sites is 1. The summed E-state index contributed by atoms with van der Waals surface area (Å²) in [5, 5.41) is 15.5. The molecule has 0 atom stereocenters. The number of carbonyl (C=O) groups excluding carboxylic acids is 1. The van der Waals surface area contributed by atoms with Gasteiger partial charge in [0, 0.05) is 16.8 Å². The third-order valence-corrected chi connectivity index (χ3v) is 3.70. The van der Waals surface area contributed by atoms with Crippen molar-refractivity contribution in [2.24, 2.45) is 5.16 Å². The van der Waals surface area contributed by atoms with Gasteiger partial charge in [0.15, 0.2) is 6.61 Å². The molecule has 0 spiro atoms. The molecule has 0 aliphatic heterocycles. The molecule has 0 saturated heterocycles. The first-order valence-electron chi connectivity index (χ1n) is 8.12. The Hall–Kier alpha value is -3.60. The number of anilines is 1. The first-order valence-corrected chi connectivity index (χ1v) is 8.12. The number of hydrogen-bond donors (Lipinski definition) is 2. The summed E-state index contributed by atoms with van der Waals surface area (Å²) in [5.74, 6) is 0.324. The van der Waals surface area contributed by atoms with E-state index in [9.17, 15) is 10.0 Å². The summed E-state index contributed by atoms with van der Waals surface area (Å²) in [4.78, 5) is 11.9. The van der Waals surface area contributed by atoms with Crippen molar-refractivity contribution in [3.63, 3.8) is 0 Å². The largest absolute Gasteiger partial charge is 0.484 e. The van der Waals surface area contributed by atoms with Gasteiger partial charge in [0.1, 0.15) is 11.5 Å². The van der Waals surface area contributed by atoms with E-state index in [1.807, 2.05) is 60.7 Å². The molecule has 0 aliphatic carbocycles. The number of amides is 1. The number of nitrogens with one attached hydrogen (secondary N) is 1. The molecule has 130 valence electrons. The number of benzene rings is 3. The third-order valence-electron chi connectivity index (χ3n) is 3.70. The Balaban J connectivity index is 1.60. The lowest BCUT2D eigenvalue weighted by Gasteiger charge is -2.09. The fourth-order valence-corrected chi connectivity index (χ4v) is 2.45. The smallest absolute Gasteiger partial charge is 0.262 e. The highest BCUT2D eigenvalue weighted by Crippen LogP contribution is 2.16. The quantitative estimate of drug-likeness (QED) is 0.404. The van der Waals surface area contributed by atoms with Crippen molar-refractivity contribution in [3.05, 3.63) is 96.1 Å². The number of ether oxygens (including phenoxy) is 1. The Morgan fingerprint density at radius 2 is 1.42 bits per heavy atom. The zero-order chi connectivity index (χ0) is 18.2. The summed E-state index contributed by atoms with van der Waals surface area (Å²) in [6.45, 7) is -0.0894. The van der Waals surface area contributed by atoms with Gasteiger partial charge in [-0.15, -0.1) is 0 Å². The maximum Gasteiger partial charge on any atom is 0.262 e. The lowest BCUT2D eigenvalue weighted by Crippen LogP contribution is -2.20. The fourth-order valence-electron chi connectivity index (χ4n) is 2.45. The molecule has 0 aromatic heterocycles. The van der Waals surface area contributed by atoms with Crippen LogP contribution in [0.1, 0.15) is 11.1 Å². The Morgan fingerprint density at radius 1 is 0.846 bits per heavy atom. The van der Waals surface area contributed by atoms with E-state index in [0.29, 0.717) is 11.5 Å². The Bertz CT molecular complexity index is 876. The van der Waals surface area contributed by atoms with Gasteiger partial charge in [-0.2, -0.15) is 0 Å². The monoisotopic (exact) mass is 346 g/mol. The highest BCUT2D eigenvalue weighted by Gasteiger charge is 2.08. The van der Waals surface area contributed by atoms with Gasteiger partial charge in [0.2, 0.25) is 0 Å². The normalized spacial score (nSPS) is 11.0. The van der Waals surface area contributed by atoms with Gasteiger partial charge in [0.25, 0.3) is 5.91 Å². The second-order valence-electron chi connectivity index (χ2n) is 5.54. The van der Waals surface area contributed by atoms with Crippen LogP contribution in [-0.4, -0.2) is 23.4 Å². The van der Waals surface area contributed by atoms with Crippen LogP contribution in [0.5, 0.6) is 5.75 Å². The molecule has 0 heterocycles. The second kappa shape index (κ2) is 8.48. The molecular weight excluding hydrogens is 328 g/mol. The lowest BCUT2D eigenvalue weighted by atomic mass is 10.0. The lowest BCUT2D eigenvalue weighted by molar-refractivity contribution is -0.118. The molecule has 0 aliphatic rings. The number of hydrogen-bond acceptors (Lipinski definition) is 4. The van der Waals surface area contributed by atoms with Crippen molar-refractivity contribution >= 4 is 17.3 Å². The van der Waals surface area contributed by atoms with E-state index in [4.69, 9.17) is 4.74 Å². The third kappa shape index (κ3) is 4.48. The molecule has 3 aromatic rings. The number of carbonyl (C=O) groups is 1. The molecule has 3 rings (SSSR count). The van der Waals surface area contributed by atoms with Crippen molar-refractivity contribution in [1.82, 2.24) is 0 Å². The molecule has 0 saturated carbocycles. The minimum absolute atomic E-state index is 0.0894. The molecule has 0 radical (unpaired) electrons. The topological polar surface area (TPSA) is 70.9 Å². The average molecular weight is 346 g/mol. The molecule has 0 fully saturated rings. The van der Waals surface area contributed by atoms with Crippen LogP contribution >= 0.6 is 0 Å². The summed E-state index contributed by atoms with van der Waals surface area (Å²) < 4.78 is 5.50. The van der Waals surface area contributed by atoms with Crippen LogP contribution in [0.3, 0.4) is 0 Å². The summed E-state index contributed by atoms with van der Waals surface area (Å²) >= 11 is 0. The molecule has 5 heteroatoms. The van der Waals surface area contributed by atoms with Crippen molar-refractivity contribution in [2.45, 2.75) is 0 Å². The Morgan fingerprint density at radius 3 is 2.04 bits per heavy atom. The van der Waals surface area contributed by atoms with Crippen LogP contribution < -0.4 is 10.1 Å². The van der Waals surface area contributed by atoms with Crippen molar-refractivity contribution in [2.75, 3.05) is 11.9 Å². The van der Waals surface area contributed by atoms with Gasteiger partial charge in [-0.3, -0.25) is 4.79 Å². The van der Waals surface area contributed by atoms with E-state index in [-0.39, 0.29) is 12.5 Å². The number of nitrogens with zero attached hydrogens (tertiary/aromatic N) is 1. The summed E-state index contributed by atoms with van der Waals surface area (Å²) in [7, 11) is 0. The number of oxime groups is 1. The zero-order valence-corrected chi connectivity index (χ0v) is 14.0. The SMILES string of the molecule is O=C(COc1ccc(/C(=N/O)c2ccccc2)cc1)Nc1ccccc1. The van der Waals surface area contributed by atoms with E-state index in [2.05, 4.69) is 10.5 Å². The summed E-state index contributed by atoms with van der Waals surface area (Å²) in [5.41, 5.74) is 2.76. The first kappa shape index (κ1) is 17.2. The van der Waals surface area contributed by atoms with Gasteiger partial charge in [-0.1, -0.05) is 53.7 Å². The van der Waals surface area contributed by atoms with Crippen molar-refractivity contribution in [3.8, 4) is 5.75 Å². The molecule has 2 N–H and O–H groups in total. The van der Waals surface area contributed by atoms with Crippen LogP contribution in [-0.2, 0) is 4.79 Å². The van der Waals surface area contributed by atoms with Crippen LogP contribution in [0.15, 0.2) is 90.1 Å². The standard InChI is InChI=1S/C21H18N2O3/c24-20(22-18-9-5-2-6-10-18)15-26-19-13-11-17(12-14-19)21(23-25)16-7-3-1-4-8-16/h1-14,25H,15H2,(H,22,24)/b23-21+. The molecule has 0 unspecified atom stereocenters. The maximum atomic E-state index is 11.9. The van der Waals surface area contributed by atoms with Crippen molar-refractivity contribution < 1.29 is 14.7 Å². The van der Waals surface area contributed by atoms with Crippen LogP contribution in [0, 0.1) is 0 Å². The average Bonchev–Trinajstić information content (AvgIpc) is 2.69. The van der Waals surface area contributed by atoms with E-state index < -0.39 is 0 Å². The van der Waals surface area contributed by atoms with Gasteiger partial charge in [-0.25, -0.2) is 0 Å². The number of rotatable bonds is 6. The fraction of sp³-hybridized carbons (Fsp3) is 0.0476. The highest BCUT2D eigenvalue weighted by atomic mass is 16.5. The molecule has 0 bridgehead atoms. The Labute approximate surface area is 151 Å². The maximum absolute atomic E-state index is 11.9. The molecule has 1 amide bonds. The van der Waals surface area contributed by atoms with Crippen molar-refractivity contribution in [1.29, 1.82) is 0 Å². The van der Waals surface area contributed by atoms with E-state index in [0.717, 1.165) is 16.8 Å². The predicted molar refractivity (Wildman–Crippen MR) is 101 cm³/mol. The van der Waals surface area contributed by atoms with Gasteiger partial charge in [0.05, 0.1) is 0 Å². The predicted octanol–water partition coefficient (Wildman–Crippen LogP) is 3.93. The molecule has 5 nitrogen and oxygen atoms in total. The summed E-state index contributed by atoms with van der Waals surface area (Å²) in [6.07, 6.45) is 0. The minimum atomic E-state index is -0.234. The van der Waals surface area contributed by atoms with Crippen LogP contribution in [0.4, 0.5) is 5.69 Å². The van der Waals surface area contributed by atoms with Crippen LogP contribution in [0.25, 0.3) is 0 Å². The summed E-state index contributed by atoms with van der Waals surface area (Å²) in [6, 6.07) is 25.6. The van der Waals surface area contributed by atoms with E-state index >= 15 is 0 Å². The zero-order valence-electron chi connectivity index (χ0n) is 14.0. The van der Waals surface area contributed by atoms with Crippen LogP contribution in [0.2, 0.25) is 0 Å². The first-order chi connectivity index (χ1) is 12.8. The van der Waals surface area contributed by atoms with Gasteiger partial charge in [-0.05, 0) is 36.4 Å². The molecule has 26 heavy (non-hydrogen) atoms.